The molecule has 1 heterocycles. The third-order valence-corrected chi connectivity index (χ3v) is 3.94. The maximum Gasteiger partial charge on any atom is 0.131 e. The monoisotopic (exact) mass is 297 g/mol. The van der Waals surface area contributed by atoms with Crippen LogP contribution >= 0.6 is 23.2 Å². The van der Waals surface area contributed by atoms with E-state index in [1.807, 2.05) is 44.3 Å². The predicted molar refractivity (Wildman–Crippen MR) is 79.7 cm³/mol. The van der Waals surface area contributed by atoms with Crippen molar-refractivity contribution in [2.24, 2.45) is 7.05 Å². The molecule has 3 nitrogen and oxygen atoms in total. The van der Waals surface area contributed by atoms with Gasteiger partial charge in [0.25, 0.3) is 0 Å². The summed E-state index contributed by atoms with van der Waals surface area (Å²) in [4.78, 5) is 0. The molecule has 0 amide bonds. The van der Waals surface area contributed by atoms with Gasteiger partial charge >= 0.3 is 0 Å². The van der Waals surface area contributed by atoms with Gasteiger partial charge in [-0.1, -0.05) is 41.9 Å². The number of rotatable bonds is 5. The SMILES string of the molecule is Cc1nn(C)c(Cl)c1CNCC(Cl)c1ccccc1. The lowest BCUT2D eigenvalue weighted by Gasteiger charge is -2.11. The highest BCUT2D eigenvalue weighted by atomic mass is 35.5. The van der Waals surface area contributed by atoms with Crippen molar-refractivity contribution in [3.8, 4) is 0 Å². The summed E-state index contributed by atoms with van der Waals surface area (Å²) in [6.07, 6.45) is 0. The van der Waals surface area contributed by atoms with E-state index in [1.165, 1.54) is 0 Å². The van der Waals surface area contributed by atoms with Crippen LogP contribution in [0.4, 0.5) is 0 Å². The van der Waals surface area contributed by atoms with Crippen LogP contribution in [0.3, 0.4) is 0 Å². The van der Waals surface area contributed by atoms with Crippen LogP contribution in [0.2, 0.25) is 5.15 Å². The van der Waals surface area contributed by atoms with Crippen LogP contribution in [0.15, 0.2) is 30.3 Å². The van der Waals surface area contributed by atoms with Crippen LogP contribution in [0.5, 0.6) is 0 Å². The Balaban J connectivity index is 1.90. The molecule has 2 rings (SSSR count). The zero-order valence-electron chi connectivity index (χ0n) is 11.0. The predicted octanol–water partition coefficient (Wildman–Crippen LogP) is 3.45. The summed E-state index contributed by atoms with van der Waals surface area (Å²) in [6, 6.07) is 10.0. The molecule has 0 aliphatic rings. The van der Waals surface area contributed by atoms with Crippen LogP contribution in [-0.2, 0) is 13.6 Å². The maximum atomic E-state index is 6.34. The molecule has 102 valence electrons. The van der Waals surface area contributed by atoms with Gasteiger partial charge in [-0.2, -0.15) is 5.10 Å². The smallest absolute Gasteiger partial charge is 0.131 e. The Morgan fingerprint density at radius 3 is 2.58 bits per heavy atom. The first-order valence-corrected chi connectivity index (χ1v) is 6.98. The van der Waals surface area contributed by atoms with Gasteiger partial charge in [0.05, 0.1) is 11.1 Å². The summed E-state index contributed by atoms with van der Waals surface area (Å²) in [5.74, 6) is 0. The van der Waals surface area contributed by atoms with Crippen molar-refractivity contribution in [1.29, 1.82) is 0 Å². The van der Waals surface area contributed by atoms with Gasteiger partial charge in [0, 0.05) is 25.7 Å². The van der Waals surface area contributed by atoms with Gasteiger partial charge in [-0.3, -0.25) is 4.68 Å². The Hall–Kier alpha value is -1.03. The first-order valence-electron chi connectivity index (χ1n) is 6.17. The number of aromatic nitrogens is 2. The van der Waals surface area contributed by atoms with E-state index in [1.54, 1.807) is 4.68 Å². The van der Waals surface area contributed by atoms with Crippen molar-refractivity contribution >= 4 is 23.2 Å². The highest BCUT2D eigenvalue weighted by Crippen LogP contribution is 2.21. The van der Waals surface area contributed by atoms with Crippen molar-refractivity contribution in [3.63, 3.8) is 0 Å². The molecule has 1 aromatic heterocycles. The molecule has 19 heavy (non-hydrogen) atoms. The second-order valence-corrected chi connectivity index (χ2v) is 5.37. The fourth-order valence-electron chi connectivity index (χ4n) is 1.98. The molecular formula is C14H17Cl2N3. The van der Waals surface area contributed by atoms with Gasteiger partial charge in [0.15, 0.2) is 0 Å². The quantitative estimate of drug-likeness (QED) is 0.857. The molecular weight excluding hydrogens is 281 g/mol. The van der Waals surface area contributed by atoms with Gasteiger partial charge in [-0.05, 0) is 12.5 Å². The number of nitrogens with zero attached hydrogens (tertiary/aromatic N) is 2. The molecule has 5 heteroatoms. The summed E-state index contributed by atoms with van der Waals surface area (Å²) in [5.41, 5.74) is 3.10. The molecule has 1 aromatic carbocycles. The van der Waals surface area contributed by atoms with Crippen molar-refractivity contribution in [2.45, 2.75) is 18.8 Å². The molecule has 0 fully saturated rings. The van der Waals surface area contributed by atoms with Crippen LogP contribution < -0.4 is 5.32 Å². The lowest BCUT2D eigenvalue weighted by Crippen LogP contribution is -2.19. The van der Waals surface area contributed by atoms with E-state index >= 15 is 0 Å². The van der Waals surface area contributed by atoms with Crippen LogP contribution in [0.25, 0.3) is 0 Å². The van der Waals surface area contributed by atoms with Crippen LogP contribution in [-0.4, -0.2) is 16.3 Å². The molecule has 0 aliphatic carbocycles. The number of halogens is 2. The molecule has 0 radical (unpaired) electrons. The highest BCUT2D eigenvalue weighted by molar-refractivity contribution is 6.30. The van der Waals surface area contributed by atoms with Crippen molar-refractivity contribution in [2.75, 3.05) is 6.54 Å². The Bertz CT molecular complexity index is 537. The minimum absolute atomic E-state index is 0.0445. The van der Waals surface area contributed by atoms with Crippen molar-refractivity contribution in [3.05, 3.63) is 52.3 Å². The number of alkyl halides is 1. The number of benzene rings is 1. The average molecular weight is 298 g/mol. The average Bonchev–Trinajstić information content (AvgIpc) is 2.66. The van der Waals surface area contributed by atoms with Gasteiger partial charge in [-0.15, -0.1) is 11.6 Å². The van der Waals surface area contributed by atoms with E-state index in [9.17, 15) is 0 Å². The van der Waals surface area contributed by atoms with Gasteiger partial charge in [0.1, 0.15) is 5.15 Å². The van der Waals surface area contributed by atoms with E-state index in [-0.39, 0.29) is 5.38 Å². The van der Waals surface area contributed by atoms with Gasteiger partial charge < -0.3 is 5.32 Å². The molecule has 1 atom stereocenters. The summed E-state index contributed by atoms with van der Waals surface area (Å²) < 4.78 is 1.68. The summed E-state index contributed by atoms with van der Waals surface area (Å²) >= 11 is 12.5. The minimum Gasteiger partial charge on any atom is -0.311 e. The molecule has 0 bridgehead atoms. The van der Waals surface area contributed by atoms with Gasteiger partial charge in [0.2, 0.25) is 0 Å². The van der Waals surface area contributed by atoms with E-state index < -0.39 is 0 Å². The van der Waals surface area contributed by atoms with Crippen LogP contribution in [0, 0.1) is 6.92 Å². The molecule has 1 unspecified atom stereocenters. The topological polar surface area (TPSA) is 29.9 Å². The Labute approximate surface area is 123 Å². The van der Waals surface area contributed by atoms with Crippen molar-refractivity contribution < 1.29 is 0 Å². The second-order valence-electron chi connectivity index (χ2n) is 4.49. The van der Waals surface area contributed by atoms with Crippen LogP contribution in [0.1, 0.15) is 22.2 Å². The van der Waals surface area contributed by atoms with Crippen molar-refractivity contribution in [1.82, 2.24) is 15.1 Å². The Morgan fingerprint density at radius 1 is 1.32 bits per heavy atom. The standard InChI is InChI=1S/C14H17Cl2N3/c1-10-12(14(16)19(2)18-10)8-17-9-13(15)11-6-4-3-5-7-11/h3-7,13,17H,8-9H2,1-2H3. The molecule has 0 saturated heterocycles. The van der Waals surface area contributed by atoms with E-state index in [4.69, 9.17) is 23.2 Å². The number of hydrogen-bond donors (Lipinski definition) is 1. The number of hydrogen-bond acceptors (Lipinski definition) is 2. The molecule has 0 spiro atoms. The summed E-state index contributed by atoms with van der Waals surface area (Å²) in [6.45, 7) is 3.32. The third kappa shape index (κ3) is 3.50. The first-order chi connectivity index (χ1) is 9.09. The number of aryl methyl sites for hydroxylation is 2. The zero-order valence-corrected chi connectivity index (χ0v) is 12.5. The van der Waals surface area contributed by atoms with Gasteiger partial charge in [-0.25, -0.2) is 0 Å². The van der Waals surface area contributed by atoms with E-state index in [2.05, 4.69) is 10.4 Å². The second kappa shape index (κ2) is 6.42. The lowest BCUT2D eigenvalue weighted by atomic mass is 10.1. The Morgan fingerprint density at radius 2 is 2.00 bits per heavy atom. The summed E-state index contributed by atoms with van der Waals surface area (Å²) in [7, 11) is 1.84. The van der Waals surface area contributed by atoms with E-state index in [0.29, 0.717) is 18.2 Å². The summed E-state index contributed by atoms with van der Waals surface area (Å²) in [5, 5.41) is 8.24. The zero-order chi connectivity index (χ0) is 13.8. The Kier molecular flexibility index (Phi) is 4.86. The molecule has 0 saturated carbocycles. The van der Waals surface area contributed by atoms with E-state index in [0.717, 1.165) is 16.8 Å². The fourth-order valence-corrected chi connectivity index (χ4v) is 2.47. The maximum absolute atomic E-state index is 6.34. The molecule has 1 N–H and O–H groups in total. The largest absolute Gasteiger partial charge is 0.311 e. The highest BCUT2D eigenvalue weighted by Gasteiger charge is 2.12. The molecule has 0 aliphatic heterocycles. The minimum atomic E-state index is -0.0445. The first kappa shape index (κ1) is 14.4. The lowest BCUT2D eigenvalue weighted by molar-refractivity contribution is 0.672. The fraction of sp³-hybridized carbons (Fsp3) is 0.357. The molecule has 2 aromatic rings. The third-order valence-electron chi connectivity index (χ3n) is 3.06. The normalized spacial score (nSPS) is 12.6. The number of nitrogens with one attached hydrogen (secondary N) is 1.